The molecule has 0 bridgehead atoms. The van der Waals surface area contributed by atoms with E-state index < -0.39 is 14.1 Å². The summed E-state index contributed by atoms with van der Waals surface area (Å²) in [5, 5.41) is 0. The molecule has 29 heavy (non-hydrogen) atoms. The first kappa shape index (κ1) is 29.0. The zero-order chi connectivity index (χ0) is 21.6. The molecule has 0 radical (unpaired) electrons. The van der Waals surface area contributed by atoms with Crippen LogP contribution in [0.4, 0.5) is 0 Å². The van der Waals surface area contributed by atoms with Gasteiger partial charge in [-0.1, -0.05) is 103 Å². The highest BCUT2D eigenvalue weighted by Crippen LogP contribution is 2.38. The zero-order valence-corrected chi connectivity index (χ0v) is 19.9. The van der Waals surface area contributed by atoms with Crippen LogP contribution in [0.25, 0.3) is 0 Å². The fraction of sp³-hybridized carbons (Fsp3) is 1.00. The molecule has 0 rings (SSSR count). The molecule has 0 aliphatic heterocycles. The number of rotatable bonds is 23. The normalized spacial score (nSPS) is 13.1. The second-order valence-corrected chi connectivity index (χ2v) is 9.16. The molecule has 0 saturated carbocycles. The van der Waals surface area contributed by atoms with Crippen molar-refractivity contribution in [1.82, 2.24) is 0 Å². The maximum atomic E-state index is 10.8. The smallest absolute Gasteiger partial charge is 0.381 e. The molecule has 1 atom stereocenters. The first-order valence-electron chi connectivity index (χ1n) is 11.8. The minimum absolute atomic E-state index is 0.306. The monoisotopic (exact) mass is 438 g/mol. The molecule has 0 aromatic carbocycles. The Balaban J connectivity index is 3.19. The van der Waals surface area contributed by atoms with Crippen molar-refractivity contribution in [1.29, 1.82) is 0 Å². The zero-order valence-electron chi connectivity index (χ0n) is 19.0. The lowest BCUT2D eigenvalue weighted by Crippen LogP contribution is -2.16. The van der Waals surface area contributed by atoms with E-state index in [-0.39, 0.29) is 0 Å². The Morgan fingerprint density at radius 3 is 1.48 bits per heavy atom. The fourth-order valence-electron chi connectivity index (χ4n) is 3.40. The minimum Gasteiger partial charge on any atom is -0.381 e. The molecule has 1 unspecified atom stereocenters. The molecular formula is C22H47O6P. The number of phosphoric ester groups is 1. The van der Waals surface area contributed by atoms with Crippen LogP contribution in [0.2, 0.25) is 0 Å². The number of ether oxygens (including phenoxy) is 2. The minimum atomic E-state index is -4.51. The van der Waals surface area contributed by atoms with Crippen molar-refractivity contribution in [2.24, 2.45) is 0 Å². The third-order valence-electron chi connectivity index (χ3n) is 5.16. The second-order valence-electron chi connectivity index (χ2n) is 7.97. The van der Waals surface area contributed by atoms with E-state index in [0.29, 0.717) is 19.6 Å². The highest BCUT2D eigenvalue weighted by atomic mass is 31.2. The summed E-state index contributed by atoms with van der Waals surface area (Å²) in [5.41, 5.74) is 0. The average molecular weight is 439 g/mol. The highest BCUT2D eigenvalue weighted by molar-refractivity contribution is 7.46. The SMILES string of the molecule is CCCCCCCCCCCCCCCCCCOCCC(OC)OP(=O)(O)O. The molecule has 0 aliphatic rings. The topological polar surface area (TPSA) is 85.2 Å². The lowest BCUT2D eigenvalue weighted by atomic mass is 10.0. The summed E-state index contributed by atoms with van der Waals surface area (Å²) in [4.78, 5) is 17.5. The Hall–Kier alpha value is 0.0300. The van der Waals surface area contributed by atoms with Crippen LogP contribution in [0.1, 0.15) is 116 Å². The molecule has 0 saturated heterocycles. The van der Waals surface area contributed by atoms with Gasteiger partial charge in [-0.2, -0.15) is 0 Å². The van der Waals surface area contributed by atoms with E-state index in [1.165, 1.54) is 103 Å². The molecule has 7 heteroatoms. The average Bonchev–Trinajstić information content (AvgIpc) is 2.67. The number of phosphoric acid groups is 1. The molecule has 0 amide bonds. The predicted octanol–water partition coefficient (Wildman–Crippen LogP) is 6.74. The standard InChI is InChI=1S/C22H47O6P/c1-3-4-5-6-7-8-9-10-11-12-13-14-15-16-17-18-20-27-21-19-22(26-2)28-29(23,24)25/h22H,3-21H2,1-2H3,(H2,23,24,25). The van der Waals surface area contributed by atoms with E-state index in [0.717, 1.165) is 6.42 Å². The van der Waals surface area contributed by atoms with E-state index in [4.69, 9.17) is 19.3 Å². The van der Waals surface area contributed by atoms with Gasteiger partial charge in [0.2, 0.25) is 0 Å². The van der Waals surface area contributed by atoms with Crippen LogP contribution in [0.3, 0.4) is 0 Å². The van der Waals surface area contributed by atoms with Gasteiger partial charge in [-0.25, -0.2) is 4.57 Å². The lowest BCUT2D eigenvalue weighted by Gasteiger charge is -2.16. The summed E-state index contributed by atoms with van der Waals surface area (Å²) in [5.74, 6) is 0. The maximum absolute atomic E-state index is 10.8. The molecule has 0 fully saturated rings. The van der Waals surface area contributed by atoms with Gasteiger partial charge in [0.1, 0.15) is 0 Å². The molecule has 0 aliphatic carbocycles. The molecule has 6 nitrogen and oxygen atoms in total. The van der Waals surface area contributed by atoms with Crippen LogP contribution >= 0.6 is 7.82 Å². The summed E-state index contributed by atoms with van der Waals surface area (Å²) in [6.45, 7) is 3.31. The quantitative estimate of drug-likeness (QED) is 0.104. The van der Waals surface area contributed by atoms with Crippen LogP contribution < -0.4 is 0 Å². The van der Waals surface area contributed by atoms with Gasteiger partial charge in [0, 0.05) is 20.1 Å². The van der Waals surface area contributed by atoms with Gasteiger partial charge in [0.15, 0.2) is 6.29 Å². The Labute approximate surface area is 179 Å². The van der Waals surface area contributed by atoms with Gasteiger partial charge < -0.3 is 19.3 Å². The predicted molar refractivity (Wildman–Crippen MR) is 119 cm³/mol. The second kappa shape index (κ2) is 21.3. The van der Waals surface area contributed by atoms with E-state index in [9.17, 15) is 4.57 Å². The number of unbranched alkanes of at least 4 members (excludes halogenated alkanes) is 15. The summed E-state index contributed by atoms with van der Waals surface area (Å²) in [6, 6.07) is 0. The van der Waals surface area contributed by atoms with E-state index in [1.54, 1.807) is 0 Å². The fourth-order valence-corrected chi connectivity index (χ4v) is 3.90. The number of hydrogen-bond donors (Lipinski definition) is 2. The van der Waals surface area contributed by atoms with Gasteiger partial charge in [-0.05, 0) is 6.42 Å². The Bertz CT molecular complexity index is 374. The molecule has 0 spiro atoms. The first-order chi connectivity index (χ1) is 14.0. The van der Waals surface area contributed by atoms with Gasteiger partial charge >= 0.3 is 7.82 Å². The summed E-state index contributed by atoms with van der Waals surface area (Å²) >= 11 is 0. The van der Waals surface area contributed by atoms with Crippen molar-refractivity contribution in [2.75, 3.05) is 20.3 Å². The molecular weight excluding hydrogens is 391 g/mol. The largest absolute Gasteiger partial charge is 0.471 e. The molecule has 0 heterocycles. The third-order valence-corrected chi connectivity index (χ3v) is 5.67. The van der Waals surface area contributed by atoms with Crippen molar-refractivity contribution < 1.29 is 28.3 Å². The third kappa shape index (κ3) is 24.2. The Morgan fingerprint density at radius 2 is 1.10 bits per heavy atom. The van der Waals surface area contributed by atoms with Crippen LogP contribution in [-0.2, 0) is 18.6 Å². The van der Waals surface area contributed by atoms with Gasteiger partial charge in [-0.15, -0.1) is 0 Å². The molecule has 0 aromatic heterocycles. The van der Waals surface area contributed by atoms with Crippen LogP contribution in [-0.4, -0.2) is 36.4 Å². The maximum Gasteiger partial charge on any atom is 0.471 e. The van der Waals surface area contributed by atoms with E-state index in [1.807, 2.05) is 0 Å². The van der Waals surface area contributed by atoms with Crippen molar-refractivity contribution in [2.45, 2.75) is 122 Å². The summed E-state index contributed by atoms with van der Waals surface area (Å²) < 4.78 is 25.6. The van der Waals surface area contributed by atoms with E-state index >= 15 is 0 Å². The van der Waals surface area contributed by atoms with Crippen LogP contribution in [0.15, 0.2) is 0 Å². The summed E-state index contributed by atoms with van der Waals surface area (Å²) in [7, 11) is -3.16. The summed E-state index contributed by atoms with van der Waals surface area (Å²) in [6.07, 6.45) is 20.9. The van der Waals surface area contributed by atoms with Gasteiger partial charge in [0.05, 0.1) is 6.61 Å². The van der Waals surface area contributed by atoms with Crippen molar-refractivity contribution in [3.8, 4) is 0 Å². The Morgan fingerprint density at radius 1 is 0.690 bits per heavy atom. The van der Waals surface area contributed by atoms with Crippen LogP contribution in [0, 0.1) is 0 Å². The first-order valence-corrected chi connectivity index (χ1v) is 13.4. The number of methoxy groups -OCH3 is 1. The lowest BCUT2D eigenvalue weighted by molar-refractivity contribution is -0.0842. The molecule has 2 N–H and O–H groups in total. The molecule has 0 aromatic rings. The van der Waals surface area contributed by atoms with Crippen molar-refractivity contribution in [3.05, 3.63) is 0 Å². The van der Waals surface area contributed by atoms with Crippen molar-refractivity contribution >= 4 is 7.82 Å². The van der Waals surface area contributed by atoms with E-state index in [2.05, 4.69) is 11.4 Å². The highest BCUT2D eigenvalue weighted by Gasteiger charge is 2.21. The van der Waals surface area contributed by atoms with Crippen LogP contribution in [0.5, 0.6) is 0 Å². The van der Waals surface area contributed by atoms with Gasteiger partial charge in [-0.3, -0.25) is 4.52 Å². The molecule has 176 valence electrons. The van der Waals surface area contributed by atoms with Gasteiger partial charge in [0.25, 0.3) is 0 Å². The van der Waals surface area contributed by atoms with Crippen molar-refractivity contribution in [3.63, 3.8) is 0 Å². The number of hydrogen-bond acceptors (Lipinski definition) is 4. The Kier molecular flexibility index (Phi) is 21.3.